The van der Waals surface area contributed by atoms with Crippen molar-refractivity contribution >= 4 is 11.6 Å². The third kappa shape index (κ3) is 5.97. The zero-order valence-electron chi connectivity index (χ0n) is 19.7. The number of alkyl halides is 6. The molecule has 0 fully saturated rings. The first-order valence-electron chi connectivity index (χ1n) is 11.0. The molecule has 10 nitrogen and oxygen atoms in total. The molecule has 2 atom stereocenters. The van der Waals surface area contributed by atoms with Crippen LogP contribution in [0.1, 0.15) is 30.2 Å². The molecule has 0 bridgehead atoms. The highest BCUT2D eigenvalue weighted by Crippen LogP contribution is 2.33. The molecule has 17 heteroatoms. The Hall–Kier alpha value is -3.76. The van der Waals surface area contributed by atoms with Gasteiger partial charge in [-0.25, -0.2) is 19.4 Å². The lowest BCUT2D eigenvalue weighted by molar-refractivity contribution is -0.207. The minimum absolute atomic E-state index is 0.191. The molecule has 3 aromatic heterocycles. The molecule has 3 heterocycles. The van der Waals surface area contributed by atoms with E-state index in [-0.39, 0.29) is 23.0 Å². The molecule has 2 N–H and O–H groups in total. The summed E-state index contributed by atoms with van der Waals surface area (Å²) in [4.78, 5) is 20.8. The maximum atomic E-state index is 13.6. The van der Waals surface area contributed by atoms with Crippen molar-refractivity contribution in [2.45, 2.75) is 44.6 Å². The highest BCUT2D eigenvalue weighted by atomic mass is 35.5. The molecule has 0 aliphatic carbocycles. The van der Waals surface area contributed by atoms with Gasteiger partial charge in [-0.05, 0) is 43.3 Å². The third-order valence-electron chi connectivity index (χ3n) is 5.39. The van der Waals surface area contributed by atoms with Crippen molar-refractivity contribution in [1.29, 1.82) is 0 Å². The summed E-state index contributed by atoms with van der Waals surface area (Å²) in [5, 5.41) is 28.0. The van der Waals surface area contributed by atoms with Crippen LogP contribution >= 0.6 is 11.6 Å². The molecule has 4 rings (SSSR count). The number of halogens is 7. The van der Waals surface area contributed by atoms with Crippen molar-refractivity contribution in [2.75, 3.05) is 0 Å². The van der Waals surface area contributed by atoms with Gasteiger partial charge < -0.3 is 10.2 Å². The number of nitrogens with zero attached hydrogens (tertiary/aromatic N) is 7. The number of pyridine rings is 1. The highest BCUT2D eigenvalue weighted by molar-refractivity contribution is 6.30. The second-order valence-electron chi connectivity index (χ2n) is 8.29. The molecule has 1 aromatic carbocycles. The predicted molar refractivity (Wildman–Crippen MR) is 123 cm³/mol. The monoisotopic (exact) mass is 577 g/mol. The Morgan fingerprint density at radius 1 is 1.03 bits per heavy atom. The van der Waals surface area contributed by atoms with Crippen molar-refractivity contribution in [2.24, 2.45) is 0 Å². The van der Waals surface area contributed by atoms with Crippen molar-refractivity contribution in [3.05, 3.63) is 75.3 Å². The minimum atomic E-state index is -5.04. The first-order valence-corrected chi connectivity index (χ1v) is 11.4. The van der Waals surface area contributed by atoms with E-state index in [2.05, 4.69) is 20.2 Å². The van der Waals surface area contributed by atoms with E-state index in [1.165, 1.54) is 31.2 Å². The molecule has 0 radical (unpaired) electrons. The van der Waals surface area contributed by atoms with E-state index < -0.39 is 54.7 Å². The Bertz CT molecular complexity index is 1530. The van der Waals surface area contributed by atoms with Gasteiger partial charge in [0.2, 0.25) is 0 Å². The predicted octanol–water partition coefficient (Wildman–Crippen LogP) is 3.38. The summed E-state index contributed by atoms with van der Waals surface area (Å²) in [5.41, 5.74) is -2.07. The fraction of sp³-hybridized carbons (Fsp3) is 0.318. The van der Waals surface area contributed by atoms with Gasteiger partial charge in [0.15, 0.2) is 29.4 Å². The van der Waals surface area contributed by atoms with Crippen LogP contribution in [0.15, 0.2) is 47.4 Å². The van der Waals surface area contributed by atoms with Crippen LogP contribution in [0.4, 0.5) is 26.3 Å². The molecule has 39 heavy (non-hydrogen) atoms. The minimum Gasteiger partial charge on any atom is -0.385 e. The topological polar surface area (TPSA) is 124 Å². The number of aliphatic hydroxyl groups is 2. The van der Waals surface area contributed by atoms with Crippen molar-refractivity contribution in [3.8, 4) is 17.2 Å². The van der Waals surface area contributed by atoms with Gasteiger partial charge in [0, 0.05) is 16.8 Å². The van der Waals surface area contributed by atoms with Gasteiger partial charge in [-0.1, -0.05) is 11.6 Å². The van der Waals surface area contributed by atoms with Crippen LogP contribution in [0.2, 0.25) is 5.02 Å². The maximum absolute atomic E-state index is 13.6. The molecule has 0 unspecified atom stereocenters. The number of benzene rings is 1. The maximum Gasteiger partial charge on any atom is 0.420 e. The first kappa shape index (κ1) is 28.3. The Morgan fingerprint density at radius 3 is 2.28 bits per heavy atom. The van der Waals surface area contributed by atoms with Crippen molar-refractivity contribution in [1.82, 2.24) is 34.1 Å². The lowest BCUT2D eigenvalue weighted by atomic mass is 10.2. The average molecular weight is 578 g/mol. The Balaban J connectivity index is 1.80. The van der Waals surface area contributed by atoms with Crippen LogP contribution in [0.5, 0.6) is 0 Å². The van der Waals surface area contributed by atoms with Gasteiger partial charge in [0.25, 0.3) is 0 Å². The SMILES string of the molecule is C[C@@H](O)c1nc(Cn2nc(-c3ccc(Cl)cc3)n(C[C@H](O)C(F)(F)F)c2=O)nn1-c1ncccc1C(F)(F)F. The lowest BCUT2D eigenvalue weighted by Crippen LogP contribution is -2.37. The standard InChI is InChI=1S/C22H18ClF6N7O3/c1-11(37)17-31-16(32-36(17)19-14(21(24,25)26)3-2-8-30-19)10-35-20(39)34(9-15(38)22(27,28)29)18(33-35)12-4-6-13(23)7-5-12/h2-8,11,15,37-38H,9-10H2,1H3/t11-,15+/m1/s1. The molecule has 0 saturated carbocycles. The lowest BCUT2D eigenvalue weighted by Gasteiger charge is -2.15. The van der Waals surface area contributed by atoms with Crippen LogP contribution in [-0.4, -0.2) is 56.6 Å². The molecule has 208 valence electrons. The third-order valence-corrected chi connectivity index (χ3v) is 5.64. The number of aromatic nitrogens is 7. The summed E-state index contributed by atoms with van der Waals surface area (Å²) in [6.45, 7) is -0.571. The summed E-state index contributed by atoms with van der Waals surface area (Å²) >= 11 is 5.86. The van der Waals surface area contributed by atoms with Gasteiger partial charge in [-0.3, -0.25) is 4.57 Å². The van der Waals surface area contributed by atoms with Crippen molar-refractivity contribution < 1.29 is 36.6 Å². The Labute approximate surface area is 219 Å². The van der Waals surface area contributed by atoms with E-state index in [9.17, 15) is 41.4 Å². The van der Waals surface area contributed by atoms with Gasteiger partial charge >= 0.3 is 18.0 Å². The summed E-state index contributed by atoms with van der Waals surface area (Å²) in [7, 11) is 0. The fourth-order valence-electron chi connectivity index (χ4n) is 3.58. The van der Waals surface area contributed by atoms with E-state index in [1.807, 2.05) is 0 Å². The second kappa shape index (κ2) is 10.4. The first-order chi connectivity index (χ1) is 18.2. The number of rotatable bonds is 7. The van der Waals surface area contributed by atoms with E-state index in [1.54, 1.807) is 0 Å². The van der Waals surface area contributed by atoms with Gasteiger partial charge in [0.05, 0.1) is 6.54 Å². The molecular formula is C22H18ClF6N7O3. The molecule has 0 spiro atoms. The molecule has 0 aliphatic rings. The Morgan fingerprint density at radius 2 is 1.69 bits per heavy atom. The van der Waals surface area contributed by atoms with Crippen molar-refractivity contribution in [3.63, 3.8) is 0 Å². The summed E-state index contributed by atoms with van der Waals surface area (Å²) in [6.07, 6.45) is -13.1. The normalized spacial score (nSPS) is 14.0. The molecule has 0 amide bonds. The summed E-state index contributed by atoms with van der Waals surface area (Å²) in [6, 6.07) is 7.42. The number of hydrogen-bond donors (Lipinski definition) is 2. The van der Waals surface area contributed by atoms with Gasteiger partial charge in [0.1, 0.15) is 18.2 Å². The summed E-state index contributed by atoms with van der Waals surface area (Å²) < 4.78 is 81.8. The molecule has 4 aromatic rings. The van der Waals surface area contributed by atoms with Gasteiger partial charge in [-0.15, -0.1) is 10.2 Å². The largest absolute Gasteiger partial charge is 0.420 e. The number of hydrogen-bond acceptors (Lipinski definition) is 7. The second-order valence-corrected chi connectivity index (χ2v) is 8.72. The zero-order valence-corrected chi connectivity index (χ0v) is 20.4. The van der Waals surface area contributed by atoms with E-state index in [4.69, 9.17) is 11.6 Å². The molecule has 0 aliphatic heterocycles. The average Bonchev–Trinajstić information content (AvgIpc) is 3.41. The smallest absolute Gasteiger partial charge is 0.385 e. The fourth-order valence-corrected chi connectivity index (χ4v) is 3.71. The van der Waals surface area contributed by atoms with Crippen LogP contribution in [0.3, 0.4) is 0 Å². The van der Waals surface area contributed by atoms with E-state index in [0.29, 0.717) is 19.0 Å². The van der Waals surface area contributed by atoms with Gasteiger partial charge in [-0.2, -0.15) is 31.0 Å². The van der Waals surface area contributed by atoms with Crippen LogP contribution < -0.4 is 5.69 Å². The summed E-state index contributed by atoms with van der Waals surface area (Å²) in [5.74, 6) is -1.57. The quantitative estimate of drug-likeness (QED) is 0.323. The van der Waals surface area contributed by atoms with Crippen LogP contribution in [0, 0.1) is 0 Å². The Kier molecular flexibility index (Phi) is 7.55. The van der Waals surface area contributed by atoms with Crippen LogP contribution in [-0.2, 0) is 19.3 Å². The van der Waals surface area contributed by atoms with E-state index >= 15 is 0 Å². The molecular weight excluding hydrogens is 560 g/mol. The molecule has 0 saturated heterocycles. The number of aliphatic hydroxyl groups excluding tert-OH is 2. The highest BCUT2D eigenvalue weighted by Gasteiger charge is 2.39. The van der Waals surface area contributed by atoms with E-state index in [0.717, 1.165) is 18.3 Å². The zero-order chi connectivity index (χ0) is 28.7. The van der Waals surface area contributed by atoms with Crippen LogP contribution in [0.25, 0.3) is 17.2 Å².